The van der Waals surface area contributed by atoms with Crippen LogP contribution in [-0.4, -0.2) is 16.5 Å². The maximum absolute atomic E-state index is 3.88. The molecule has 0 aromatic carbocycles. The van der Waals surface area contributed by atoms with Crippen LogP contribution in [0.4, 0.5) is 0 Å². The Hall–Kier alpha value is -0.310. The highest BCUT2D eigenvalue weighted by Crippen LogP contribution is 2.31. The van der Waals surface area contributed by atoms with E-state index in [0.29, 0.717) is 5.92 Å². The van der Waals surface area contributed by atoms with Crippen molar-refractivity contribution in [2.75, 3.05) is 0 Å². The topological polar surface area (TPSA) is 24.7 Å². The molecule has 0 amide bonds. The largest absolute Gasteiger partial charge is 0.162 e. The predicted molar refractivity (Wildman–Crippen MR) is 47.8 cm³/mol. The zero-order valence-corrected chi connectivity index (χ0v) is 7.35. The van der Waals surface area contributed by atoms with Crippen LogP contribution in [-0.2, 0) is 0 Å². The van der Waals surface area contributed by atoms with E-state index in [-0.39, 0.29) is 4.75 Å². The number of nitrogens with zero attached hydrogens (tertiary/aromatic N) is 2. The van der Waals surface area contributed by atoms with E-state index >= 15 is 0 Å². The minimum Gasteiger partial charge on any atom is -0.162 e. The molecule has 0 saturated carbocycles. The van der Waals surface area contributed by atoms with Gasteiger partial charge in [0.25, 0.3) is 0 Å². The third kappa shape index (κ3) is 1.40. The Labute approximate surface area is 65.8 Å². The highest BCUT2D eigenvalue weighted by atomic mass is 32.2. The molecule has 0 aromatic heterocycles. The molecule has 1 atom stereocenters. The lowest BCUT2D eigenvalue weighted by atomic mass is 9.98. The SMILES string of the molecule is CC(C)C1(C)C=NN=CS1. The van der Waals surface area contributed by atoms with Gasteiger partial charge in [-0.2, -0.15) is 10.2 Å². The average molecular weight is 156 g/mol. The Morgan fingerprint density at radius 3 is 2.40 bits per heavy atom. The Bertz CT molecular complexity index is 174. The van der Waals surface area contributed by atoms with Gasteiger partial charge in [0.1, 0.15) is 0 Å². The van der Waals surface area contributed by atoms with Gasteiger partial charge >= 0.3 is 0 Å². The minimum absolute atomic E-state index is 0.155. The monoisotopic (exact) mass is 156 g/mol. The number of hydrogen-bond donors (Lipinski definition) is 0. The third-order valence-electron chi connectivity index (χ3n) is 1.88. The molecule has 0 radical (unpaired) electrons. The summed E-state index contributed by atoms with van der Waals surface area (Å²) in [5.41, 5.74) is 1.81. The van der Waals surface area contributed by atoms with Gasteiger partial charge in [0, 0.05) is 6.21 Å². The van der Waals surface area contributed by atoms with Crippen LogP contribution in [0.15, 0.2) is 10.2 Å². The van der Waals surface area contributed by atoms with E-state index in [1.165, 1.54) is 0 Å². The van der Waals surface area contributed by atoms with E-state index < -0.39 is 0 Å². The summed E-state index contributed by atoms with van der Waals surface area (Å²) >= 11 is 1.73. The second kappa shape index (κ2) is 2.74. The Balaban J connectivity index is 2.70. The van der Waals surface area contributed by atoms with E-state index in [1.54, 1.807) is 17.3 Å². The van der Waals surface area contributed by atoms with Crippen molar-refractivity contribution in [1.29, 1.82) is 0 Å². The lowest BCUT2D eigenvalue weighted by Crippen LogP contribution is -2.30. The molecule has 3 heteroatoms. The van der Waals surface area contributed by atoms with Gasteiger partial charge in [-0.1, -0.05) is 25.6 Å². The van der Waals surface area contributed by atoms with Crippen LogP contribution < -0.4 is 0 Å². The van der Waals surface area contributed by atoms with Crippen molar-refractivity contribution in [2.24, 2.45) is 16.1 Å². The van der Waals surface area contributed by atoms with Gasteiger partial charge in [-0.25, -0.2) is 0 Å². The lowest BCUT2D eigenvalue weighted by molar-refractivity contribution is 0.581. The molecule has 0 bridgehead atoms. The number of thioether (sulfide) groups is 1. The molecule has 1 unspecified atom stereocenters. The molecular formula is C7H12N2S. The quantitative estimate of drug-likeness (QED) is 0.571. The van der Waals surface area contributed by atoms with Crippen molar-refractivity contribution in [1.82, 2.24) is 0 Å². The molecule has 0 fully saturated rings. The van der Waals surface area contributed by atoms with Crippen molar-refractivity contribution >= 4 is 23.5 Å². The maximum Gasteiger partial charge on any atom is 0.0833 e. The molecule has 2 nitrogen and oxygen atoms in total. The van der Waals surface area contributed by atoms with Crippen LogP contribution in [0, 0.1) is 5.92 Å². The van der Waals surface area contributed by atoms with E-state index in [1.807, 2.05) is 6.21 Å². The first-order chi connectivity index (χ1) is 4.65. The first-order valence-electron chi connectivity index (χ1n) is 3.39. The highest BCUT2D eigenvalue weighted by Gasteiger charge is 2.27. The van der Waals surface area contributed by atoms with Gasteiger partial charge in [0.2, 0.25) is 0 Å². The van der Waals surface area contributed by atoms with Gasteiger partial charge < -0.3 is 0 Å². The summed E-state index contributed by atoms with van der Waals surface area (Å²) in [5, 5.41) is 7.64. The summed E-state index contributed by atoms with van der Waals surface area (Å²) in [5.74, 6) is 0.605. The molecule has 1 rings (SSSR count). The Morgan fingerprint density at radius 1 is 1.40 bits per heavy atom. The molecule has 0 N–H and O–H groups in total. The summed E-state index contributed by atoms with van der Waals surface area (Å²) in [6.45, 7) is 6.56. The van der Waals surface area contributed by atoms with Crippen LogP contribution in [0.2, 0.25) is 0 Å². The average Bonchev–Trinajstić information content (AvgIpc) is 1.89. The summed E-state index contributed by atoms with van der Waals surface area (Å²) in [4.78, 5) is 0. The predicted octanol–water partition coefficient (Wildman–Crippen LogP) is 2.16. The summed E-state index contributed by atoms with van der Waals surface area (Å²) in [6.07, 6.45) is 1.92. The molecule has 10 heavy (non-hydrogen) atoms. The first-order valence-corrected chi connectivity index (χ1v) is 4.27. The zero-order chi connectivity index (χ0) is 7.61. The van der Waals surface area contributed by atoms with E-state index in [0.717, 1.165) is 0 Å². The standard InChI is InChI=1S/C7H12N2S/c1-6(2)7(3)4-8-9-5-10-7/h4-6H,1-3H3. The number of rotatable bonds is 1. The highest BCUT2D eigenvalue weighted by molar-refractivity contribution is 8.13. The van der Waals surface area contributed by atoms with E-state index in [4.69, 9.17) is 0 Å². The van der Waals surface area contributed by atoms with Crippen molar-refractivity contribution in [3.63, 3.8) is 0 Å². The molecular weight excluding hydrogens is 144 g/mol. The fraction of sp³-hybridized carbons (Fsp3) is 0.714. The fourth-order valence-corrected chi connectivity index (χ4v) is 1.34. The summed E-state index contributed by atoms with van der Waals surface area (Å²) in [6, 6.07) is 0. The number of hydrogen-bond acceptors (Lipinski definition) is 3. The molecule has 56 valence electrons. The molecule has 1 heterocycles. The molecule has 1 aliphatic rings. The van der Waals surface area contributed by atoms with Crippen molar-refractivity contribution in [3.8, 4) is 0 Å². The van der Waals surface area contributed by atoms with Crippen molar-refractivity contribution < 1.29 is 0 Å². The molecule has 0 saturated heterocycles. The van der Waals surface area contributed by atoms with Crippen LogP contribution in [0.5, 0.6) is 0 Å². The molecule has 0 aromatic rings. The van der Waals surface area contributed by atoms with Gasteiger partial charge in [-0.15, -0.1) is 0 Å². The van der Waals surface area contributed by atoms with Crippen LogP contribution >= 0.6 is 11.8 Å². The van der Waals surface area contributed by atoms with Gasteiger partial charge in [0.05, 0.1) is 10.3 Å². The Kier molecular flexibility index (Phi) is 2.14. The van der Waals surface area contributed by atoms with E-state index in [2.05, 4.69) is 31.0 Å². The Morgan fingerprint density at radius 2 is 2.10 bits per heavy atom. The molecule has 1 aliphatic heterocycles. The van der Waals surface area contributed by atoms with Gasteiger partial charge in [-0.05, 0) is 12.8 Å². The summed E-state index contributed by atoms with van der Waals surface area (Å²) < 4.78 is 0.155. The third-order valence-corrected chi connectivity index (χ3v) is 3.17. The lowest BCUT2D eigenvalue weighted by Gasteiger charge is -2.27. The van der Waals surface area contributed by atoms with E-state index in [9.17, 15) is 0 Å². The zero-order valence-electron chi connectivity index (χ0n) is 6.53. The molecule has 0 spiro atoms. The van der Waals surface area contributed by atoms with Crippen molar-refractivity contribution in [3.05, 3.63) is 0 Å². The second-order valence-electron chi connectivity index (χ2n) is 2.92. The van der Waals surface area contributed by atoms with Gasteiger partial charge in [0.15, 0.2) is 0 Å². The van der Waals surface area contributed by atoms with Gasteiger partial charge in [-0.3, -0.25) is 0 Å². The fourth-order valence-electron chi connectivity index (χ4n) is 0.628. The van der Waals surface area contributed by atoms with Crippen LogP contribution in [0.1, 0.15) is 20.8 Å². The van der Waals surface area contributed by atoms with Crippen LogP contribution in [0.25, 0.3) is 0 Å². The normalized spacial score (nSPS) is 31.6. The second-order valence-corrected chi connectivity index (χ2v) is 4.25. The van der Waals surface area contributed by atoms with Crippen LogP contribution in [0.3, 0.4) is 0 Å². The maximum atomic E-state index is 3.88. The minimum atomic E-state index is 0.155. The van der Waals surface area contributed by atoms with Crippen molar-refractivity contribution in [2.45, 2.75) is 25.5 Å². The first kappa shape index (κ1) is 7.79. The summed E-state index contributed by atoms with van der Waals surface area (Å²) in [7, 11) is 0. The smallest absolute Gasteiger partial charge is 0.0833 e. The molecule has 0 aliphatic carbocycles.